The van der Waals surface area contributed by atoms with Gasteiger partial charge in [-0.1, -0.05) is 24.6 Å². The number of ether oxygens (including phenoxy) is 1. The maximum atomic E-state index is 13.5. The van der Waals surface area contributed by atoms with E-state index in [-0.39, 0.29) is 32.6 Å². The molecule has 0 saturated carbocycles. The number of hydrogen-bond donors (Lipinski definition) is 1. The molecule has 0 atom stereocenters. The predicted octanol–water partition coefficient (Wildman–Crippen LogP) is 3.61. The fraction of sp³-hybridized carbons (Fsp3) is 0.269. The minimum atomic E-state index is -4.25. The highest BCUT2D eigenvalue weighted by molar-refractivity contribution is 7.92. The molecule has 212 valence electrons. The number of carbonyl (C=O) groups is 1. The zero-order chi connectivity index (χ0) is 28.9. The number of carbonyl (C=O) groups excluding carboxylic acids is 1. The van der Waals surface area contributed by atoms with Crippen LogP contribution in [0.15, 0.2) is 82.6 Å². The maximum absolute atomic E-state index is 13.5. The van der Waals surface area contributed by atoms with E-state index in [4.69, 9.17) is 4.74 Å². The number of methoxy groups -OCH3 is 1. The Hall–Kier alpha value is -4.01. The lowest BCUT2D eigenvalue weighted by Gasteiger charge is -2.27. The van der Waals surface area contributed by atoms with E-state index in [0.717, 1.165) is 35.7 Å². The first-order valence-electron chi connectivity index (χ1n) is 12.3. The van der Waals surface area contributed by atoms with Crippen LogP contribution in [-0.2, 0) is 24.8 Å². The minimum Gasteiger partial charge on any atom is -0.495 e. The lowest BCUT2D eigenvalue weighted by Crippen LogP contribution is -2.38. The second kappa shape index (κ2) is 12.0. The number of nitro groups is 1. The van der Waals surface area contributed by atoms with Crippen LogP contribution in [0.5, 0.6) is 5.75 Å². The molecule has 3 aromatic carbocycles. The topological polar surface area (TPSA) is 156 Å². The molecular weight excluding hydrogens is 560 g/mol. The molecule has 3 aromatic rings. The van der Waals surface area contributed by atoms with Crippen molar-refractivity contribution < 1.29 is 31.3 Å². The van der Waals surface area contributed by atoms with Gasteiger partial charge < -0.3 is 10.1 Å². The number of hydrogen-bond acceptors (Lipinski definition) is 8. The lowest BCUT2D eigenvalue weighted by molar-refractivity contribution is -0.384. The largest absolute Gasteiger partial charge is 0.495 e. The van der Waals surface area contributed by atoms with E-state index in [9.17, 15) is 31.7 Å². The molecule has 0 unspecified atom stereocenters. The Labute approximate surface area is 232 Å². The molecule has 1 aliphatic rings. The van der Waals surface area contributed by atoms with Gasteiger partial charge in [0.05, 0.1) is 22.6 Å². The molecule has 0 aromatic heterocycles. The summed E-state index contributed by atoms with van der Waals surface area (Å²) in [4.78, 5) is 23.4. The van der Waals surface area contributed by atoms with E-state index in [0.29, 0.717) is 13.1 Å². The van der Waals surface area contributed by atoms with Crippen LogP contribution in [0.3, 0.4) is 0 Å². The summed E-state index contributed by atoms with van der Waals surface area (Å²) in [6.45, 7) is 0.0719. The maximum Gasteiger partial charge on any atom is 0.269 e. The predicted molar refractivity (Wildman–Crippen MR) is 148 cm³/mol. The highest BCUT2D eigenvalue weighted by atomic mass is 32.2. The third kappa shape index (κ3) is 6.24. The van der Waals surface area contributed by atoms with Crippen molar-refractivity contribution in [1.82, 2.24) is 4.31 Å². The van der Waals surface area contributed by atoms with Gasteiger partial charge in [0.15, 0.2) is 0 Å². The number of piperidine rings is 1. The van der Waals surface area contributed by atoms with Gasteiger partial charge in [-0.15, -0.1) is 0 Å². The van der Waals surface area contributed by atoms with E-state index in [1.807, 2.05) is 0 Å². The van der Waals surface area contributed by atoms with Crippen molar-refractivity contribution >= 4 is 43.0 Å². The van der Waals surface area contributed by atoms with Crippen LogP contribution in [0.25, 0.3) is 0 Å². The second-order valence-electron chi connectivity index (χ2n) is 8.98. The van der Waals surface area contributed by atoms with Crippen molar-refractivity contribution in [3.05, 3.63) is 82.9 Å². The zero-order valence-electron chi connectivity index (χ0n) is 21.6. The second-order valence-corrected chi connectivity index (χ2v) is 12.7. The van der Waals surface area contributed by atoms with Crippen LogP contribution < -0.4 is 14.4 Å². The van der Waals surface area contributed by atoms with Gasteiger partial charge in [-0.3, -0.25) is 19.2 Å². The number of rotatable bonds is 10. The smallest absolute Gasteiger partial charge is 0.269 e. The first-order valence-corrected chi connectivity index (χ1v) is 15.2. The van der Waals surface area contributed by atoms with Gasteiger partial charge >= 0.3 is 0 Å². The van der Waals surface area contributed by atoms with Gasteiger partial charge in [0.25, 0.3) is 15.7 Å². The Bertz CT molecular complexity index is 1590. The summed E-state index contributed by atoms with van der Waals surface area (Å²) >= 11 is 0. The molecule has 1 fully saturated rings. The average molecular weight is 589 g/mol. The summed E-state index contributed by atoms with van der Waals surface area (Å²) in [5.74, 6) is -0.646. The normalized spacial score (nSPS) is 14.3. The molecule has 0 aliphatic carbocycles. The number of amides is 1. The van der Waals surface area contributed by atoms with Crippen molar-refractivity contribution in [1.29, 1.82) is 0 Å². The van der Waals surface area contributed by atoms with Gasteiger partial charge in [0.2, 0.25) is 15.9 Å². The molecule has 12 nitrogen and oxygen atoms in total. The summed E-state index contributed by atoms with van der Waals surface area (Å²) in [6, 6.07) is 16.3. The van der Waals surface area contributed by atoms with Gasteiger partial charge in [-0.25, -0.2) is 16.8 Å². The van der Waals surface area contributed by atoms with Crippen LogP contribution in [0.2, 0.25) is 0 Å². The zero-order valence-corrected chi connectivity index (χ0v) is 23.2. The average Bonchev–Trinajstić information content (AvgIpc) is 2.96. The van der Waals surface area contributed by atoms with E-state index >= 15 is 0 Å². The molecule has 1 saturated heterocycles. The van der Waals surface area contributed by atoms with E-state index < -0.39 is 37.4 Å². The summed E-state index contributed by atoms with van der Waals surface area (Å²) < 4.78 is 61.1. The van der Waals surface area contributed by atoms with Crippen LogP contribution in [0, 0.1) is 10.1 Å². The van der Waals surface area contributed by atoms with Crippen molar-refractivity contribution in [2.24, 2.45) is 0 Å². The van der Waals surface area contributed by atoms with Crippen molar-refractivity contribution in [2.45, 2.75) is 29.1 Å². The standard InChI is InChI=1S/C26H28N4O8S2/c1-38-24-15-10-20(18-25(24)40(36,37)28-16-6-3-7-17-28)27-26(31)19-29(21-11-13-22(14-12-21)30(32)33)39(34,35)23-8-4-2-5-9-23/h2,4-5,8-15,18H,3,6-7,16-17,19H2,1H3,(H,27,31). The Balaban J connectivity index is 1.64. The lowest BCUT2D eigenvalue weighted by atomic mass is 10.2. The molecule has 1 amide bonds. The van der Waals surface area contributed by atoms with Gasteiger partial charge in [-0.2, -0.15) is 4.31 Å². The Morgan fingerprint density at radius 1 is 0.975 bits per heavy atom. The monoisotopic (exact) mass is 588 g/mol. The fourth-order valence-corrected chi connectivity index (χ4v) is 7.45. The molecule has 1 heterocycles. The van der Waals surface area contributed by atoms with Crippen molar-refractivity contribution in [2.75, 3.05) is 36.4 Å². The first kappa shape index (κ1) is 29.0. The van der Waals surface area contributed by atoms with Crippen LogP contribution in [0.4, 0.5) is 17.1 Å². The van der Waals surface area contributed by atoms with Gasteiger partial charge in [0.1, 0.15) is 17.2 Å². The summed E-state index contributed by atoms with van der Waals surface area (Å²) in [6.07, 6.45) is 2.43. The Morgan fingerprint density at radius 3 is 2.23 bits per heavy atom. The minimum absolute atomic E-state index is 0.0349. The van der Waals surface area contributed by atoms with Gasteiger partial charge in [-0.05, 0) is 55.3 Å². The van der Waals surface area contributed by atoms with Crippen molar-refractivity contribution in [3.8, 4) is 5.75 Å². The number of nitrogens with one attached hydrogen (secondary N) is 1. The molecule has 1 aliphatic heterocycles. The highest BCUT2D eigenvalue weighted by Crippen LogP contribution is 2.31. The number of benzene rings is 3. The van der Waals surface area contributed by atoms with Crippen molar-refractivity contribution in [3.63, 3.8) is 0 Å². The molecule has 40 heavy (non-hydrogen) atoms. The quantitative estimate of drug-likeness (QED) is 0.278. The first-order chi connectivity index (χ1) is 19.0. The number of nitro benzene ring substituents is 1. The molecular formula is C26H28N4O8S2. The number of nitrogens with zero attached hydrogens (tertiary/aromatic N) is 3. The van der Waals surface area contributed by atoms with E-state index in [1.54, 1.807) is 6.07 Å². The number of sulfonamides is 2. The van der Waals surface area contributed by atoms with E-state index in [2.05, 4.69) is 5.32 Å². The third-order valence-electron chi connectivity index (χ3n) is 6.35. The highest BCUT2D eigenvalue weighted by Gasteiger charge is 2.30. The SMILES string of the molecule is COc1ccc(NC(=O)CN(c2ccc([N+](=O)[O-])cc2)S(=O)(=O)c2ccccc2)cc1S(=O)(=O)N1CCCCC1. The molecule has 0 bridgehead atoms. The molecule has 1 N–H and O–H groups in total. The number of non-ortho nitro benzene ring substituents is 1. The summed E-state index contributed by atoms with van der Waals surface area (Å²) in [5.41, 5.74) is -0.0826. The third-order valence-corrected chi connectivity index (χ3v) is 10.1. The van der Waals surface area contributed by atoms with E-state index in [1.165, 1.54) is 66.0 Å². The Kier molecular flexibility index (Phi) is 8.71. The van der Waals surface area contributed by atoms with Crippen LogP contribution in [0.1, 0.15) is 19.3 Å². The Morgan fingerprint density at radius 2 is 1.62 bits per heavy atom. The van der Waals surface area contributed by atoms with Gasteiger partial charge in [0, 0.05) is 30.9 Å². The summed E-state index contributed by atoms with van der Waals surface area (Å²) in [5, 5.41) is 13.7. The molecule has 14 heteroatoms. The van der Waals surface area contributed by atoms with Crippen LogP contribution in [-0.4, -0.2) is 58.7 Å². The fourth-order valence-electron chi connectivity index (χ4n) is 4.31. The number of anilines is 2. The summed E-state index contributed by atoms with van der Waals surface area (Å²) in [7, 11) is -6.81. The molecule has 4 rings (SSSR count). The van der Waals surface area contributed by atoms with Crippen LogP contribution >= 0.6 is 0 Å². The molecule has 0 spiro atoms. The molecule has 0 radical (unpaired) electrons.